The molecule has 0 aliphatic heterocycles. The lowest BCUT2D eigenvalue weighted by Gasteiger charge is -1.99. The van der Waals surface area contributed by atoms with Gasteiger partial charge in [0.15, 0.2) is 0 Å². The Labute approximate surface area is 81.9 Å². The van der Waals surface area contributed by atoms with Gasteiger partial charge in [-0.25, -0.2) is 4.98 Å². The van der Waals surface area contributed by atoms with Gasteiger partial charge in [-0.15, -0.1) is 0 Å². The number of para-hydroxylation sites is 1. The summed E-state index contributed by atoms with van der Waals surface area (Å²) >= 11 is 3.29. The van der Waals surface area contributed by atoms with E-state index in [-0.39, 0.29) is 11.5 Å². The summed E-state index contributed by atoms with van der Waals surface area (Å²) < 4.78 is 0.766. The first-order valence-electron chi connectivity index (χ1n) is 3.62. The van der Waals surface area contributed by atoms with E-state index in [4.69, 9.17) is 5.73 Å². The first-order chi connectivity index (χ1) is 6.18. The number of rotatable bonds is 0. The van der Waals surface area contributed by atoms with Gasteiger partial charge in [0.25, 0.3) is 5.56 Å². The van der Waals surface area contributed by atoms with Gasteiger partial charge < -0.3 is 5.73 Å². The number of nitrogens with one attached hydrogen (secondary N) is 1. The minimum absolute atomic E-state index is 0.129. The molecule has 0 amide bonds. The molecule has 1 aromatic heterocycles. The van der Waals surface area contributed by atoms with Gasteiger partial charge in [0.1, 0.15) is 0 Å². The Balaban J connectivity index is 3.03. The molecule has 0 bridgehead atoms. The fourth-order valence-electron chi connectivity index (χ4n) is 1.14. The van der Waals surface area contributed by atoms with Crippen LogP contribution in [-0.2, 0) is 0 Å². The lowest BCUT2D eigenvalue weighted by atomic mass is 10.2. The van der Waals surface area contributed by atoms with Crippen LogP contribution in [0.2, 0.25) is 0 Å². The van der Waals surface area contributed by atoms with Crippen molar-refractivity contribution in [3.8, 4) is 0 Å². The van der Waals surface area contributed by atoms with Gasteiger partial charge in [-0.05, 0) is 28.1 Å². The zero-order chi connectivity index (χ0) is 9.42. The number of H-pyrrole nitrogens is 1. The third-order valence-corrected chi connectivity index (χ3v) is 2.35. The maximum Gasteiger partial charge on any atom is 0.260 e. The molecule has 66 valence electrons. The van der Waals surface area contributed by atoms with E-state index in [1.165, 1.54) is 0 Å². The maximum atomic E-state index is 11.4. The van der Waals surface area contributed by atoms with Crippen molar-refractivity contribution >= 4 is 32.8 Å². The number of hydrogen-bond acceptors (Lipinski definition) is 3. The molecular formula is C8H6BrN3O. The molecule has 0 saturated heterocycles. The SMILES string of the molecule is Nc1nc2c(Br)cccc2c(=O)[nH]1. The van der Waals surface area contributed by atoms with E-state index in [1.807, 2.05) is 6.07 Å². The number of anilines is 1. The van der Waals surface area contributed by atoms with Crippen LogP contribution in [0.25, 0.3) is 10.9 Å². The van der Waals surface area contributed by atoms with Gasteiger partial charge in [0, 0.05) is 4.47 Å². The van der Waals surface area contributed by atoms with Crippen molar-refractivity contribution in [3.63, 3.8) is 0 Å². The van der Waals surface area contributed by atoms with Gasteiger partial charge >= 0.3 is 0 Å². The number of hydrogen-bond donors (Lipinski definition) is 2. The number of nitrogens with zero attached hydrogens (tertiary/aromatic N) is 1. The highest BCUT2D eigenvalue weighted by Gasteiger charge is 2.03. The highest BCUT2D eigenvalue weighted by atomic mass is 79.9. The van der Waals surface area contributed by atoms with Crippen molar-refractivity contribution in [1.82, 2.24) is 9.97 Å². The Morgan fingerprint density at radius 3 is 3.00 bits per heavy atom. The summed E-state index contributed by atoms with van der Waals surface area (Å²) in [7, 11) is 0. The fraction of sp³-hybridized carbons (Fsp3) is 0. The third-order valence-electron chi connectivity index (χ3n) is 1.71. The monoisotopic (exact) mass is 239 g/mol. The van der Waals surface area contributed by atoms with Crippen LogP contribution in [-0.4, -0.2) is 9.97 Å². The summed E-state index contributed by atoms with van der Waals surface area (Å²) in [4.78, 5) is 17.8. The molecule has 3 N–H and O–H groups in total. The van der Waals surface area contributed by atoms with Crippen LogP contribution < -0.4 is 11.3 Å². The lowest BCUT2D eigenvalue weighted by molar-refractivity contribution is 1.19. The smallest absolute Gasteiger partial charge is 0.260 e. The summed E-state index contributed by atoms with van der Waals surface area (Å²) in [6.45, 7) is 0. The second-order valence-corrected chi connectivity index (χ2v) is 3.44. The molecule has 0 unspecified atom stereocenters. The molecular weight excluding hydrogens is 234 g/mol. The fourth-order valence-corrected chi connectivity index (χ4v) is 1.60. The molecule has 0 spiro atoms. The molecule has 0 aliphatic carbocycles. The molecule has 0 atom stereocenters. The standard InChI is InChI=1S/C8H6BrN3O/c9-5-3-1-2-4-6(5)11-8(10)12-7(4)13/h1-3H,(H3,10,11,12,13). The quantitative estimate of drug-likeness (QED) is 0.728. The topological polar surface area (TPSA) is 71.8 Å². The number of halogens is 1. The number of benzene rings is 1. The van der Waals surface area contributed by atoms with E-state index >= 15 is 0 Å². The van der Waals surface area contributed by atoms with Crippen LogP contribution in [0.3, 0.4) is 0 Å². The van der Waals surface area contributed by atoms with E-state index < -0.39 is 0 Å². The first-order valence-corrected chi connectivity index (χ1v) is 4.42. The number of nitrogens with two attached hydrogens (primary N) is 1. The molecule has 2 aromatic rings. The van der Waals surface area contributed by atoms with Crippen LogP contribution in [0, 0.1) is 0 Å². The van der Waals surface area contributed by atoms with Gasteiger partial charge in [-0.2, -0.15) is 0 Å². The van der Waals surface area contributed by atoms with Crippen molar-refractivity contribution in [1.29, 1.82) is 0 Å². The number of aromatic nitrogens is 2. The van der Waals surface area contributed by atoms with Gasteiger partial charge in [0.05, 0.1) is 10.9 Å². The predicted octanol–water partition coefficient (Wildman–Crippen LogP) is 1.27. The number of nitrogen functional groups attached to an aromatic ring is 1. The first kappa shape index (κ1) is 8.25. The molecule has 0 radical (unpaired) electrons. The van der Waals surface area contributed by atoms with E-state index in [0.717, 1.165) is 4.47 Å². The minimum Gasteiger partial charge on any atom is -0.369 e. The average Bonchev–Trinajstić information content (AvgIpc) is 2.07. The predicted molar refractivity (Wildman–Crippen MR) is 54.5 cm³/mol. The Bertz CT molecular complexity index is 520. The lowest BCUT2D eigenvalue weighted by Crippen LogP contribution is -2.11. The molecule has 4 nitrogen and oxygen atoms in total. The summed E-state index contributed by atoms with van der Waals surface area (Å²) in [5, 5.41) is 0.531. The minimum atomic E-state index is -0.219. The van der Waals surface area contributed by atoms with Crippen LogP contribution in [0.4, 0.5) is 5.95 Å². The second-order valence-electron chi connectivity index (χ2n) is 2.59. The van der Waals surface area contributed by atoms with Crippen molar-refractivity contribution < 1.29 is 0 Å². The maximum absolute atomic E-state index is 11.4. The van der Waals surface area contributed by atoms with Crippen molar-refractivity contribution in [2.75, 3.05) is 5.73 Å². The summed E-state index contributed by atoms with van der Waals surface area (Å²) in [5.41, 5.74) is 5.77. The van der Waals surface area contributed by atoms with E-state index in [0.29, 0.717) is 10.9 Å². The molecule has 0 aliphatic rings. The van der Waals surface area contributed by atoms with Crippen LogP contribution in [0.15, 0.2) is 27.5 Å². The molecule has 2 rings (SSSR count). The number of aromatic amines is 1. The van der Waals surface area contributed by atoms with Gasteiger partial charge in [-0.3, -0.25) is 9.78 Å². The zero-order valence-corrected chi connectivity index (χ0v) is 8.13. The van der Waals surface area contributed by atoms with Crippen molar-refractivity contribution in [3.05, 3.63) is 33.0 Å². The largest absolute Gasteiger partial charge is 0.369 e. The van der Waals surface area contributed by atoms with E-state index in [2.05, 4.69) is 25.9 Å². The number of fused-ring (bicyclic) bond motifs is 1. The molecule has 1 aromatic carbocycles. The van der Waals surface area contributed by atoms with E-state index in [1.54, 1.807) is 12.1 Å². The molecule has 13 heavy (non-hydrogen) atoms. The second kappa shape index (κ2) is 2.85. The van der Waals surface area contributed by atoms with Crippen molar-refractivity contribution in [2.45, 2.75) is 0 Å². The van der Waals surface area contributed by atoms with E-state index in [9.17, 15) is 4.79 Å². The van der Waals surface area contributed by atoms with Crippen molar-refractivity contribution in [2.24, 2.45) is 0 Å². The molecule has 5 heteroatoms. The van der Waals surface area contributed by atoms with Crippen LogP contribution in [0.1, 0.15) is 0 Å². The van der Waals surface area contributed by atoms with Gasteiger partial charge in [0.2, 0.25) is 5.95 Å². The molecule has 0 saturated carbocycles. The van der Waals surface area contributed by atoms with Crippen LogP contribution in [0.5, 0.6) is 0 Å². The zero-order valence-electron chi connectivity index (χ0n) is 6.54. The third kappa shape index (κ3) is 1.31. The van der Waals surface area contributed by atoms with Crippen LogP contribution >= 0.6 is 15.9 Å². The Morgan fingerprint density at radius 2 is 2.23 bits per heavy atom. The highest BCUT2D eigenvalue weighted by molar-refractivity contribution is 9.10. The Hall–Kier alpha value is -1.36. The average molecular weight is 240 g/mol. The summed E-state index contributed by atoms with van der Waals surface area (Å²) in [5.74, 6) is 0.129. The Kier molecular flexibility index (Phi) is 1.81. The normalized spacial score (nSPS) is 10.5. The van der Waals surface area contributed by atoms with Gasteiger partial charge in [-0.1, -0.05) is 6.07 Å². The molecule has 0 fully saturated rings. The molecule has 1 heterocycles. The summed E-state index contributed by atoms with van der Waals surface area (Å²) in [6.07, 6.45) is 0. The summed E-state index contributed by atoms with van der Waals surface area (Å²) in [6, 6.07) is 5.29. The highest BCUT2D eigenvalue weighted by Crippen LogP contribution is 2.18. The Morgan fingerprint density at radius 1 is 1.46 bits per heavy atom.